The largest absolute Gasteiger partial charge is 0.328 e. The Hall–Kier alpha value is 0.340. The number of nitrogens with two attached hydrogens (primary N) is 1. The van der Waals surface area contributed by atoms with Crippen molar-refractivity contribution in [2.45, 2.75) is 19.4 Å². The first kappa shape index (κ1) is 14.3. The third kappa shape index (κ3) is 3.84. The summed E-state index contributed by atoms with van der Waals surface area (Å²) in [5.41, 5.74) is 6.51. The topological polar surface area (TPSA) is 26.0 Å². The molecule has 0 bridgehead atoms. The lowest BCUT2D eigenvalue weighted by molar-refractivity contribution is 0.738. The molecule has 2 N–H and O–H groups in total. The highest BCUT2D eigenvalue weighted by atomic mass is 35.5. The van der Waals surface area contributed by atoms with E-state index in [9.17, 15) is 0 Å². The molecule has 0 saturated carbocycles. The summed E-state index contributed by atoms with van der Waals surface area (Å²) in [6.45, 7) is 1.90. The van der Waals surface area contributed by atoms with Gasteiger partial charge < -0.3 is 5.73 Å². The van der Waals surface area contributed by atoms with Gasteiger partial charge in [-0.2, -0.15) is 0 Å². The minimum Gasteiger partial charge on any atom is -0.328 e. The van der Waals surface area contributed by atoms with E-state index in [1.54, 1.807) is 12.1 Å². The Morgan fingerprint density at radius 1 is 1.21 bits per heavy atom. The van der Waals surface area contributed by atoms with Crippen molar-refractivity contribution in [2.24, 2.45) is 5.73 Å². The number of rotatable bonds is 2. The van der Waals surface area contributed by atoms with Crippen molar-refractivity contribution < 1.29 is 0 Å². The van der Waals surface area contributed by atoms with E-state index in [4.69, 9.17) is 40.5 Å². The monoisotopic (exact) mass is 273 g/mol. The second-order valence-electron chi connectivity index (χ2n) is 3.03. The zero-order chi connectivity index (χ0) is 10.0. The molecule has 1 aromatic rings. The summed E-state index contributed by atoms with van der Waals surface area (Å²) in [5.74, 6) is 0. The molecule has 0 radical (unpaired) electrons. The van der Waals surface area contributed by atoms with Crippen molar-refractivity contribution in [2.75, 3.05) is 0 Å². The summed E-state index contributed by atoms with van der Waals surface area (Å²) >= 11 is 17.7. The molecule has 0 fully saturated rings. The van der Waals surface area contributed by atoms with Gasteiger partial charge in [-0.3, -0.25) is 0 Å². The fraction of sp³-hybridized carbons (Fsp3) is 0.333. The van der Waals surface area contributed by atoms with Gasteiger partial charge in [0.15, 0.2) is 0 Å². The lowest BCUT2D eigenvalue weighted by atomic mass is 10.1. The molecule has 0 aromatic heterocycles. The molecule has 1 atom stereocenters. The van der Waals surface area contributed by atoms with Crippen LogP contribution in [-0.2, 0) is 6.42 Å². The van der Waals surface area contributed by atoms with Gasteiger partial charge in [-0.25, -0.2) is 0 Å². The smallest absolute Gasteiger partial charge is 0.0468 e. The standard InChI is InChI=1S/C9H10Cl3N.ClH/c1-5(13)2-7-8(11)3-6(10)4-9(7)12;/h3-5H,2,13H2,1H3;1H. The van der Waals surface area contributed by atoms with Crippen molar-refractivity contribution in [1.29, 1.82) is 0 Å². The van der Waals surface area contributed by atoms with E-state index in [2.05, 4.69) is 0 Å². The van der Waals surface area contributed by atoms with E-state index in [0.29, 0.717) is 21.5 Å². The van der Waals surface area contributed by atoms with Crippen LogP contribution in [0.5, 0.6) is 0 Å². The van der Waals surface area contributed by atoms with Crippen molar-refractivity contribution in [3.05, 3.63) is 32.8 Å². The van der Waals surface area contributed by atoms with Gasteiger partial charge >= 0.3 is 0 Å². The average molecular weight is 275 g/mol. The average Bonchev–Trinajstić information content (AvgIpc) is 1.96. The Morgan fingerprint density at radius 2 is 1.64 bits per heavy atom. The van der Waals surface area contributed by atoms with Crippen LogP contribution < -0.4 is 5.73 Å². The van der Waals surface area contributed by atoms with Crippen molar-refractivity contribution >= 4 is 47.2 Å². The molecule has 0 aliphatic carbocycles. The van der Waals surface area contributed by atoms with Crippen LogP contribution in [-0.4, -0.2) is 6.04 Å². The molecule has 0 aliphatic rings. The molecule has 1 unspecified atom stereocenters. The molecule has 1 nitrogen and oxygen atoms in total. The van der Waals surface area contributed by atoms with Gasteiger partial charge in [0.25, 0.3) is 0 Å². The van der Waals surface area contributed by atoms with Gasteiger partial charge in [0.1, 0.15) is 0 Å². The second-order valence-corrected chi connectivity index (χ2v) is 4.28. The quantitative estimate of drug-likeness (QED) is 0.868. The summed E-state index contributed by atoms with van der Waals surface area (Å²) < 4.78 is 0. The molecule has 0 saturated heterocycles. The Morgan fingerprint density at radius 3 is 2.00 bits per heavy atom. The van der Waals surface area contributed by atoms with Gasteiger partial charge in [0.05, 0.1) is 0 Å². The zero-order valence-electron chi connectivity index (χ0n) is 7.56. The van der Waals surface area contributed by atoms with E-state index in [0.717, 1.165) is 5.56 Å². The van der Waals surface area contributed by atoms with Gasteiger partial charge in [0, 0.05) is 21.1 Å². The maximum absolute atomic E-state index is 5.95. The predicted octanol–water partition coefficient (Wildman–Crippen LogP) is 3.96. The van der Waals surface area contributed by atoms with Gasteiger partial charge in [0.2, 0.25) is 0 Å². The number of halogens is 4. The molecule has 0 heterocycles. The SMILES string of the molecule is CC(N)Cc1c(Cl)cc(Cl)cc1Cl.Cl. The highest BCUT2D eigenvalue weighted by molar-refractivity contribution is 6.39. The zero-order valence-corrected chi connectivity index (χ0v) is 10.6. The molecule has 14 heavy (non-hydrogen) atoms. The normalized spacial score (nSPS) is 12.1. The van der Waals surface area contributed by atoms with Gasteiger partial charge in [-0.15, -0.1) is 12.4 Å². The van der Waals surface area contributed by atoms with Crippen LogP contribution in [0.2, 0.25) is 15.1 Å². The maximum Gasteiger partial charge on any atom is 0.0468 e. The molecule has 1 rings (SSSR count). The lowest BCUT2D eigenvalue weighted by Crippen LogP contribution is -2.18. The third-order valence-electron chi connectivity index (χ3n) is 1.63. The molecule has 80 valence electrons. The van der Waals surface area contributed by atoms with E-state index in [1.807, 2.05) is 6.92 Å². The minimum absolute atomic E-state index is 0. The summed E-state index contributed by atoms with van der Waals surface area (Å²) in [6, 6.07) is 3.38. The van der Waals surface area contributed by atoms with Crippen LogP contribution in [0, 0.1) is 0 Å². The molecule has 1 aromatic carbocycles. The highest BCUT2D eigenvalue weighted by Gasteiger charge is 2.09. The van der Waals surface area contributed by atoms with Gasteiger partial charge in [-0.1, -0.05) is 34.8 Å². The minimum atomic E-state index is 0. The molecular formula is C9H11Cl4N. The van der Waals surface area contributed by atoms with Crippen molar-refractivity contribution in [3.8, 4) is 0 Å². The fourth-order valence-electron chi connectivity index (χ4n) is 1.09. The van der Waals surface area contributed by atoms with Crippen LogP contribution in [0.1, 0.15) is 12.5 Å². The Kier molecular flexibility index (Phi) is 6.19. The summed E-state index contributed by atoms with van der Waals surface area (Å²) in [6.07, 6.45) is 0.662. The molecule has 0 amide bonds. The van der Waals surface area contributed by atoms with E-state index < -0.39 is 0 Å². The van der Waals surface area contributed by atoms with Crippen LogP contribution in [0.3, 0.4) is 0 Å². The second kappa shape index (κ2) is 6.04. The van der Waals surface area contributed by atoms with Crippen molar-refractivity contribution in [3.63, 3.8) is 0 Å². The van der Waals surface area contributed by atoms with E-state index in [-0.39, 0.29) is 18.4 Å². The number of benzene rings is 1. The van der Waals surface area contributed by atoms with E-state index >= 15 is 0 Å². The molecule has 0 aliphatic heterocycles. The fourth-order valence-corrected chi connectivity index (χ4v) is 2.06. The van der Waals surface area contributed by atoms with E-state index in [1.165, 1.54) is 0 Å². The molecule has 5 heteroatoms. The Bertz CT molecular complexity index is 289. The first-order chi connectivity index (χ1) is 6.00. The summed E-state index contributed by atoms with van der Waals surface area (Å²) in [7, 11) is 0. The molecule has 0 spiro atoms. The summed E-state index contributed by atoms with van der Waals surface area (Å²) in [5, 5.41) is 1.70. The summed E-state index contributed by atoms with van der Waals surface area (Å²) in [4.78, 5) is 0. The third-order valence-corrected chi connectivity index (χ3v) is 2.52. The Balaban J connectivity index is 0.00000169. The molecular weight excluding hydrogens is 264 g/mol. The number of hydrogen-bond acceptors (Lipinski definition) is 1. The lowest BCUT2D eigenvalue weighted by Gasteiger charge is -2.09. The van der Waals surface area contributed by atoms with Gasteiger partial charge in [-0.05, 0) is 31.0 Å². The number of hydrogen-bond donors (Lipinski definition) is 1. The van der Waals surface area contributed by atoms with Crippen LogP contribution in [0.25, 0.3) is 0 Å². The first-order valence-electron chi connectivity index (χ1n) is 3.89. The van der Waals surface area contributed by atoms with Crippen LogP contribution in [0.15, 0.2) is 12.1 Å². The predicted molar refractivity (Wildman–Crippen MR) is 66.1 cm³/mol. The van der Waals surface area contributed by atoms with Crippen LogP contribution >= 0.6 is 47.2 Å². The van der Waals surface area contributed by atoms with Crippen molar-refractivity contribution in [1.82, 2.24) is 0 Å². The maximum atomic E-state index is 5.95. The highest BCUT2D eigenvalue weighted by Crippen LogP contribution is 2.29. The first-order valence-corrected chi connectivity index (χ1v) is 5.03. The Labute approximate surface area is 105 Å². The van der Waals surface area contributed by atoms with Crippen LogP contribution in [0.4, 0.5) is 0 Å².